The Kier molecular flexibility index (Phi) is 3.16. The molecule has 0 fully saturated rings. The van der Waals surface area contributed by atoms with Crippen LogP contribution in [0.1, 0.15) is 27.6 Å². The highest BCUT2D eigenvalue weighted by Gasteiger charge is 2.15. The van der Waals surface area contributed by atoms with Crippen molar-refractivity contribution >= 4 is 5.97 Å². The van der Waals surface area contributed by atoms with E-state index in [1.54, 1.807) is 14.0 Å². The predicted octanol–water partition coefficient (Wildman–Crippen LogP) is 1.83. The van der Waals surface area contributed by atoms with Crippen molar-refractivity contribution in [2.45, 2.75) is 6.92 Å². The summed E-state index contributed by atoms with van der Waals surface area (Å²) in [7, 11) is 1.65. The van der Waals surface area contributed by atoms with Gasteiger partial charge in [-0.2, -0.15) is 0 Å². The van der Waals surface area contributed by atoms with E-state index in [-0.39, 0.29) is 5.69 Å². The van der Waals surface area contributed by atoms with Crippen LogP contribution in [0.4, 0.5) is 0 Å². The highest BCUT2D eigenvalue weighted by Crippen LogP contribution is 2.08. The minimum absolute atomic E-state index is 0.173. The van der Waals surface area contributed by atoms with Crippen LogP contribution in [0.3, 0.4) is 0 Å². The highest BCUT2D eigenvalue weighted by atomic mass is 16.4. The van der Waals surface area contributed by atoms with E-state index in [9.17, 15) is 4.79 Å². The molecule has 0 radical (unpaired) electrons. The van der Waals surface area contributed by atoms with E-state index in [0.717, 1.165) is 5.56 Å². The Hall–Kier alpha value is -2.54. The van der Waals surface area contributed by atoms with Gasteiger partial charge in [0.25, 0.3) is 0 Å². The average Bonchev–Trinajstić information content (AvgIpc) is 2.63. The van der Waals surface area contributed by atoms with Crippen molar-refractivity contribution in [1.29, 1.82) is 0 Å². The van der Waals surface area contributed by atoms with Crippen LogP contribution in [0, 0.1) is 18.8 Å². The molecule has 90 valence electrons. The number of hydrogen-bond donors (Lipinski definition) is 1. The van der Waals surface area contributed by atoms with Gasteiger partial charge in [-0.05, 0) is 25.0 Å². The lowest BCUT2D eigenvalue weighted by Gasteiger charge is -1.97. The Morgan fingerprint density at radius 2 is 1.94 bits per heavy atom. The van der Waals surface area contributed by atoms with Crippen molar-refractivity contribution in [1.82, 2.24) is 9.55 Å². The minimum Gasteiger partial charge on any atom is -0.477 e. The molecule has 1 heterocycles. The summed E-state index contributed by atoms with van der Waals surface area (Å²) in [5, 5.41) is 9.04. The van der Waals surface area contributed by atoms with Gasteiger partial charge in [0.15, 0.2) is 11.5 Å². The Bertz CT molecular complexity index is 646. The third-order valence-electron chi connectivity index (χ3n) is 2.56. The lowest BCUT2D eigenvalue weighted by atomic mass is 10.2. The number of hydrogen-bond acceptors (Lipinski definition) is 2. The van der Waals surface area contributed by atoms with Crippen LogP contribution in [-0.2, 0) is 7.05 Å². The molecule has 2 rings (SSSR count). The normalized spacial score (nSPS) is 9.67. The van der Waals surface area contributed by atoms with Crippen molar-refractivity contribution in [3.63, 3.8) is 0 Å². The summed E-state index contributed by atoms with van der Waals surface area (Å²) in [5.74, 6) is 5.30. The number of aromatic carboxylic acids is 1. The molecule has 2 aromatic rings. The van der Waals surface area contributed by atoms with Gasteiger partial charge in [0.05, 0.1) is 5.69 Å². The lowest BCUT2D eigenvalue weighted by Crippen LogP contribution is -2.07. The van der Waals surface area contributed by atoms with Gasteiger partial charge in [0, 0.05) is 12.6 Å². The number of aromatic nitrogens is 2. The van der Waals surface area contributed by atoms with Gasteiger partial charge >= 0.3 is 5.97 Å². The second-order valence-electron chi connectivity index (χ2n) is 3.85. The first-order valence-electron chi connectivity index (χ1n) is 5.43. The molecule has 0 spiro atoms. The SMILES string of the molecule is Cc1nc(C#Cc2ccccc2)n(C)c1C(=O)O. The van der Waals surface area contributed by atoms with E-state index in [0.29, 0.717) is 11.5 Å². The number of carboxylic acid groups (broad SMARTS) is 1. The summed E-state index contributed by atoms with van der Waals surface area (Å²) in [6.07, 6.45) is 0. The largest absolute Gasteiger partial charge is 0.477 e. The molecule has 4 heteroatoms. The predicted molar refractivity (Wildman–Crippen MR) is 67.3 cm³/mol. The van der Waals surface area contributed by atoms with E-state index in [1.807, 2.05) is 30.3 Å². The van der Waals surface area contributed by atoms with Crippen LogP contribution in [0.5, 0.6) is 0 Å². The molecule has 1 aromatic carbocycles. The number of imidazole rings is 1. The molecule has 0 aliphatic rings. The molecule has 0 bridgehead atoms. The monoisotopic (exact) mass is 240 g/mol. The maximum Gasteiger partial charge on any atom is 0.354 e. The molecule has 1 N–H and O–H groups in total. The van der Waals surface area contributed by atoms with Gasteiger partial charge in [0.1, 0.15) is 0 Å². The fourth-order valence-corrected chi connectivity index (χ4v) is 1.69. The lowest BCUT2D eigenvalue weighted by molar-refractivity contribution is 0.0685. The Morgan fingerprint density at radius 1 is 1.28 bits per heavy atom. The molecule has 0 amide bonds. The number of rotatable bonds is 1. The standard InChI is InChI=1S/C14H12N2O2/c1-10-13(14(17)18)16(2)12(15-10)9-8-11-6-4-3-5-7-11/h3-7H,1-2H3,(H,17,18). The first kappa shape index (κ1) is 11.9. The molecule has 0 unspecified atom stereocenters. The number of nitrogens with zero attached hydrogens (tertiary/aromatic N) is 2. The summed E-state index contributed by atoms with van der Waals surface area (Å²) in [5.41, 5.74) is 1.52. The summed E-state index contributed by atoms with van der Waals surface area (Å²) < 4.78 is 1.49. The minimum atomic E-state index is -0.990. The molecule has 4 nitrogen and oxygen atoms in total. The number of benzene rings is 1. The van der Waals surface area contributed by atoms with Gasteiger partial charge in [-0.3, -0.25) is 0 Å². The van der Waals surface area contributed by atoms with Crippen LogP contribution in [0.25, 0.3) is 0 Å². The Labute approximate surface area is 105 Å². The van der Waals surface area contributed by atoms with Gasteiger partial charge in [0.2, 0.25) is 0 Å². The number of carbonyl (C=O) groups is 1. The number of aryl methyl sites for hydroxylation is 1. The maximum atomic E-state index is 11.0. The maximum absolute atomic E-state index is 11.0. The van der Waals surface area contributed by atoms with Crippen LogP contribution in [-0.4, -0.2) is 20.6 Å². The zero-order chi connectivity index (χ0) is 13.1. The number of carboxylic acids is 1. The topological polar surface area (TPSA) is 55.1 Å². The first-order chi connectivity index (χ1) is 8.59. The second kappa shape index (κ2) is 4.76. The molecular formula is C14H12N2O2. The molecule has 0 saturated carbocycles. The quantitative estimate of drug-likeness (QED) is 0.774. The van der Waals surface area contributed by atoms with Crippen molar-refractivity contribution in [2.75, 3.05) is 0 Å². The van der Waals surface area contributed by atoms with Crippen LogP contribution >= 0.6 is 0 Å². The zero-order valence-electron chi connectivity index (χ0n) is 10.1. The van der Waals surface area contributed by atoms with Gasteiger partial charge < -0.3 is 9.67 Å². The van der Waals surface area contributed by atoms with Gasteiger partial charge in [-0.25, -0.2) is 9.78 Å². The van der Waals surface area contributed by atoms with E-state index >= 15 is 0 Å². The fourth-order valence-electron chi connectivity index (χ4n) is 1.69. The first-order valence-corrected chi connectivity index (χ1v) is 5.43. The van der Waals surface area contributed by atoms with E-state index in [1.165, 1.54) is 4.57 Å². The molecule has 0 atom stereocenters. The van der Waals surface area contributed by atoms with Crippen molar-refractivity contribution in [3.05, 3.63) is 53.1 Å². The summed E-state index contributed by atoms with van der Waals surface area (Å²) in [4.78, 5) is 15.2. The van der Waals surface area contributed by atoms with Crippen molar-refractivity contribution in [3.8, 4) is 11.8 Å². The second-order valence-corrected chi connectivity index (χ2v) is 3.85. The highest BCUT2D eigenvalue weighted by molar-refractivity contribution is 5.87. The van der Waals surface area contributed by atoms with Crippen molar-refractivity contribution in [2.24, 2.45) is 7.05 Å². The van der Waals surface area contributed by atoms with Crippen LogP contribution in [0.15, 0.2) is 30.3 Å². The summed E-state index contributed by atoms with van der Waals surface area (Å²) >= 11 is 0. The molecule has 18 heavy (non-hydrogen) atoms. The average molecular weight is 240 g/mol. The third kappa shape index (κ3) is 2.25. The third-order valence-corrected chi connectivity index (χ3v) is 2.56. The Balaban J connectivity index is 2.40. The molecule has 0 aliphatic heterocycles. The summed E-state index contributed by atoms with van der Waals surface area (Å²) in [6, 6.07) is 9.49. The van der Waals surface area contributed by atoms with Gasteiger partial charge in [-0.1, -0.05) is 24.1 Å². The molecular weight excluding hydrogens is 228 g/mol. The van der Waals surface area contributed by atoms with Crippen molar-refractivity contribution < 1.29 is 9.90 Å². The smallest absolute Gasteiger partial charge is 0.354 e. The van der Waals surface area contributed by atoms with E-state index in [2.05, 4.69) is 16.8 Å². The van der Waals surface area contributed by atoms with E-state index < -0.39 is 5.97 Å². The molecule has 1 aromatic heterocycles. The molecule has 0 saturated heterocycles. The van der Waals surface area contributed by atoms with E-state index in [4.69, 9.17) is 5.11 Å². The Morgan fingerprint density at radius 3 is 2.50 bits per heavy atom. The van der Waals surface area contributed by atoms with Crippen LogP contribution < -0.4 is 0 Å². The zero-order valence-corrected chi connectivity index (χ0v) is 10.1. The summed E-state index contributed by atoms with van der Waals surface area (Å²) in [6.45, 7) is 1.66. The van der Waals surface area contributed by atoms with Gasteiger partial charge in [-0.15, -0.1) is 0 Å². The van der Waals surface area contributed by atoms with Crippen LogP contribution in [0.2, 0.25) is 0 Å². The fraction of sp³-hybridized carbons (Fsp3) is 0.143. The molecule has 0 aliphatic carbocycles.